The average Bonchev–Trinajstić information content (AvgIpc) is 3.19. The Morgan fingerprint density at radius 1 is 1.27 bits per heavy atom. The lowest BCUT2D eigenvalue weighted by Gasteiger charge is -2.12. The molecule has 0 aromatic carbocycles. The summed E-state index contributed by atoms with van der Waals surface area (Å²) < 4.78 is 7.67. The summed E-state index contributed by atoms with van der Waals surface area (Å²) in [6, 6.07) is 5.71. The van der Waals surface area contributed by atoms with Crippen LogP contribution in [0.4, 0.5) is 4.79 Å². The second kappa shape index (κ2) is 9.64. The van der Waals surface area contributed by atoms with Crippen LogP contribution in [0.25, 0.3) is 5.65 Å². The molecule has 2 aromatic rings. The van der Waals surface area contributed by atoms with Gasteiger partial charge in [0.2, 0.25) is 0 Å². The zero-order valence-electron chi connectivity index (χ0n) is 14.6. The van der Waals surface area contributed by atoms with Crippen molar-refractivity contribution in [2.24, 2.45) is 0 Å². The number of carbonyl (C=O) groups excluding carboxylic acids is 2. The van der Waals surface area contributed by atoms with Gasteiger partial charge in [-0.15, -0.1) is 12.4 Å². The number of thioether (sulfide) groups is 1. The summed E-state index contributed by atoms with van der Waals surface area (Å²) in [6.45, 7) is 3.01. The highest BCUT2D eigenvalue weighted by Gasteiger charge is 2.34. The quantitative estimate of drug-likeness (QED) is 0.492. The zero-order chi connectivity index (χ0) is 17.6. The number of carbonyl (C=O) groups is 2. The zero-order valence-corrected chi connectivity index (χ0v) is 16.2. The van der Waals surface area contributed by atoms with E-state index in [0.29, 0.717) is 18.1 Å². The van der Waals surface area contributed by atoms with Gasteiger partial charge in [0.1, 0.15) is 5.65 Å². The number of fused-ring (bicyclic) bond motifs is 1. The van der Waals surface area contributed by atoms with E-state index in [4.69, 9.17) is 4.74 Å². The number of unbranched alkanes of at least 4 members (excludes halogenated alkanes) is 2. The third-order valence-electron chi connectivity index (χ3n) is 3.91. The summed E-state index contributed by atoms with van der Waals surface area (Å²) in [6.07, 6.45) is 8.72. The molecule has 0 radical (unpaired) electrons. The summed E-state index contributed by atoms with van der Waals surface area (Å²) in [5, 5.41) is -0.170. The molecule has 0 unspecified atom stereocenters. The Bertz CT molecular complexity index is 806. The standard InChI is InChI=1S/C18H21N3O3S.ClH/c1-2-3-7-14-17(22)21(18(23)25-14)11-4-5-13-24-16-9-6-8-15-19-10-12-20(15)16;/h6-10,12H,2-5,11,13H2,1H3;1H/b14-7+;. The maximum atomic E-state index is 12.2. The van der Waals surface area contributed by atoms with Crippen molar-refractivity contribution in [2.75, 3.05) is 13.2 Å². The maximum absolute atomic E-state index is 12.2. The van der Waals surface area contributed by atoms with Gasteiger partial charge in [-0.05, 0) is 43.2 Å². The number of rotatable bonds is 8. The van der Waals surface area contributed by atoms with Gasteiger partial charge in [0, 0.05) is 18.9 Å². The molecule has 0 saturated carbocycles. The molecular weight excluding hydrogens is 374 g/mol. The van der Waals surface area contributed by atoms with Crippen molar-refractivity contribution in [3.8, 4) is 5.88 Å². The number of nitrogens with zero attached hydrogens (tertiary/aromatic N) is 3. The van der Waals surface area contributed by atoms with Gasteiger partial charge in [0.25, 0.3) is 11.1 Å². The van der Waals surface area contributed by atoms with Crippen molar-refractivity contribution in [1.29, 1.82) is 0 Å². The Labute approximate surface area is 163 Å². The van der Waals surface area contributed by atoms with Gasteiger partial charge < -0.3 is 4.74 Å². The number of imidazole rings is 1. The van der Waals surface area contributed by atoms with E-state index in [9.17, 15) is 9.59 Å². The Kier molecular flexibility index (Phi) is 7.53. The second-order valence-electron chi connectivity index (χ2n) is 5.76. The molecule has 1 saturated heterocycles. The number of halogens is 1. The number of ether oxygens (including phenoxy) is 1. The summed E-state index contributed by atoms with van der Waals surface area (Å²) in [7, 11) is 0. The van der Waals surface area contributed by atoms with Gasteiger partial charge in [-0.25, -0.2) is 4.98 Å². The van der Waals surface area contributed by atoms with Gasteiger partial charge in [-0.1, -0.05) is 25.5 Å². The Hall–Kier alpha value is -1.99. The minimum atomic E-state index is -0.170. The van der Waals surface area contributed by atoms with E-state index in [1.165, 1.54) is 4.90 Å². The molecule has 3 heterocycles. The lowest BCUT2D eigenvalue weighted by atomic mass is 10.3. The molecule has 0 N–H and O–H groups in total. The first-order valence-corrected chi connectivity index (χ1v) is 9.31. The van der Waals surface area contributed by atoms with Crippen molar-refractivity contribution in [1.82, 2.24) is 14.3 Å². The molecule has 2 aromatic heterocycles. The van der Waals surface area contributed by atoms with Crippen LogP contribution in [0.1, 0.15) is 32.6 Å². The largest absolute Gasteiger partial charge is 0.479 e. The second-order valence-corrected chi connectivity index (χ2v) is 6.75. The fourth-order valence-electron chi connectivity index (χ4n) is 2.59. The van der Waals surface area contributed by atoms with E-state index in [0.717, 1.165) is 49.0 Å². The molecular formula is C18H22ClN3O3S. The number of allylic oxidation sites excluding steroid dienone is 1. The molecule has 140 valence electrons. The molecule has 0 aliphatic carbocycles. The van der Waals surface area contributed by atoms with Crippen LogP contribution < -0.4 is 4.74 Å². The fraction of sp³-hybridized carbons (Fsp3) is 0.389. The third-order valence-corrected chi connectivity index (χ3v) is 4.87. The van der Waals surface area contributed by atoms with Crippen molar-refractivity contribution >= 4 is 41.0 Å². The predicted molar refractivity (Wildman–Crippen MR) is 105 cm³/mol. The minimum absolute atomic E-state index is 0. The van der Waals surface area contributed by atoms with Crippen LogP contribution in [0.2, 0.25) is 0 Å². The topological polar surface area (TPSA) is 63.9 Å². The lowest BCUT2D eigenvalue weighted by Crippen LogP contribution is -2.29. The summed E-state index contributed by atoms with van der Waals surface area (Å²) in [5.41, 5.74) is 0.842. The number of pyridine rings is 1. The number of hydrogen-bond donors (Lipinski definition) is 0. The first-order chi connectivity index (χ1) is 12.2. The van der Waals surface area contributed by atoms with Crippen molar-refractivity contribution < 1.29 is 14.3 Å². The molecule has 3 rings (SSSR count). The highest BCUT2D eigenvalue weighted by Crippen LogP contribution is 2.31. The Balaban J connectivity index is 0.00000243. The predicted octanol–water partition coefficient (Wildman–Crippen LogP) is 4.29. The van der Waals surface area contributed by atoms with Gasteiger partial charge in [0.05, 0.1) is 11.5 Å². The van der Waals surface area contributed by atoms with Gasteiger partial charge in [-0.3, -0.25) is 18.9 Å². The SMILES string of the molecule is CCC/C=C1/SC(=O)N(CCCCOc2cccc3nccn23)C1=O.Cl. The highest BCUT2D eigenvalue weighted by molar-refractivity contribution is 8.18. The van der Waals surface area contributed by atoms with Gasteiger partial charge in [-0.2, -0.15) is 0 Å². The van der Waals surface area contributed by atoms with Crippen LogP contribution in [0, 0.1) is 0 Å². The minimum Gasteiger partial charge on any atom is -0.479 e. The molecule has 1 aliphatic heterocycles. The summed E-state index contributed by atoms with van der Waals surface area (Å²) in [5.74, 6) is 0.580. The normalized spacial score (nSPS) is 15.7. The number of hydrogen-bond acceptors (Lipinski definition) is 5. The third kappa shape index (κ3) is 4.59. The van der Waals surface area contributed by atoms with E-state index in [1.807, 2.05) is 41.8 Å². The van der Waals surface area contributed by atoms with E-state index in [2.05, 4.69) is 4.98 Å². The van der Waals surface area contributed by atoms with Crippen LogP contribution in [0.15, 0.2) is 41.6 Å². The number of aromatic nitrogens is 2. The van der Waals surface area contributed by atoms with Crippen LogP contribution >= 0.6 is 24.2 Å². The number of amides is 2. The molecule has 1 fully saturated rings. The molecule has 0 atom stereocenters. The maximum Gasteiger partial charge on any atom is 0.293 e. The summed E-state index contributed by atoms with van der Waals surface area (Å²) >= 11 is 1.04. The lowest BCUT2D eigenvalue weighted by molar-refractivity contribution is -0.122. The fourth-order valence-corrected chi connectivity index (χ4v) is 3.46. The van der Waals surface area contributed by atoms with E-state index in [-0.39, 0.29) is 23.6 Å². The van der Waals surface area contributed by atoms with Crippen LogP contribution in [-0.2, 0) is 4.79 Å². The Morgan fingerprint density at radius 3 is 2.92 bits per heavy atom. The summed E-state index contributed by atoms with van der Waals surface area (Å²) in [4.78, 5) is 30.3. The molecule has 0 spiro atoms. The first kappa shape index (κ1) is 20.3. The highest BCUT2D eigenvalue weighted by atomic mass is 35.5. The molecule has 6 nitrogen and oxygen atoms in total. The van der Waals surface area contributed by atoms with Crippen LogP contribution in [0.5, 0.6) is 5.88 Å². The van der Waals surface area contributed by atoms with E-state index >= 15 is 0 Å². The molecule has 8 heteroatoms. The molecule has 2 amide bonds. The van der Waals surface area contributed by atoms with Crippen LogP contribution in [0.3, 0.4) is 0 Å². The van der Waals surface area contributed by atoms with E-state index in [1.54, 1.807) is 6.20 Å². The van der Waals surface area contributed by atoms with Crippen molar-refractivity contribution in [3.63, 3.8) is 0 Å². The molecule has 1 aliphatic rings. The van der Waals surface area contributed by atoms with Crippen molar-refractivity contribution in [2.45, 2.75) is 32.6 Å². The monoisotopic (exact) mass is 395 g/mol. The Morgan fingerprint density at radius 2 is 2.12 bits per heavy atom. The molecule has 0 bridgehead atoms. The average molecular weight is 396 g/mol. The van der Waals surface area contributed by atoms with Crippen molar-refractivity contribution in [3.05, 3.63) is 41.6 Å². The van der Waals surface area contributed by atoms with E-state index < -0.39 is 0 Å². The van der Waals surface area contributed by atoms with Gasteiger partial charge in [0.15, 0.2) is 5.88 Å². The van der Waals surface area contributed by atoms with Crippen LogP contribution in [-0.4, -0.2) is 38.6 Å². The van der Waals surface area contributed by atoms with Gasteiger partial charge >= 0.3 is 0 Å². The smallest absolute Gasteiger partial charge is 0.293 e. The number of imide groups is 1. The molecule has 26 heavy (non-hydrogen) atoms. The first-order valence-electron chi connectivity index (χ1n) is 8.49.